The van der Waals surface area contributed by atoms with Crippen LogP contribution in [0.5, 0.6) is 0 Å². The van der Waals surface area contributed by atoms with Gasteiger partial charge >= 0.3 is 0 Å². The normalized spacial score (nSPS) is 11.0. The van der Waals surface area contributed by atoms with Gasteiger partial charge in [0, 0.05) is 0 Å². The van der Waals surface area contributed by atoms with Crippen LogP contribution in [0.25, 0.3) is 11.1 Å². The molecule has 94 valence electrons. The molecule has 2 aromatic carbocycles. The summed E-state index contributed by atoms with van der Waals surface area (Å²) in [6.45, 7) is 0. The number of hydrogen-bond acceptors (Lipinski definition) is 4. The van der Waals surface area contributed by atoms with Gasteiger partial charge in [-0.25, -0.2) is 16.8 Å². The molecule has 0 saturated carbocycles. The zero-order chi connectivity index (χ0) is 13.1. The highest BCUT2D eigenvalue weighted by Gasteiger charge is 2.00. The summed E-state index contributed by atoms with van der Waals surface area (Å²) in [7, 11) is -5.14. The van der Waals surface area contributed by atoms with Gasteiger partial charge in [0.15, 0.2) is 21.4 Å². The lowest BCUT2D eigenvalue weighted by molar-refractivity contribution is 0.613. The highest BCUT2D eigenvalue weighted by Crippen LogP contribution is 2.21. The first-order chi connectivity index (χ1) is 8.58. The van der Waals surface area contributed by atoms with Crippen LogP contribution in [0.15, 0.2) is 58.3 Å². The van der Waals surface area contributed by atoms with E-state index in [0.29, 0.717) is 0 Å². The molecule has 0 aliphatic rings. The summed E-state index contributed by atoms with van der Waals surface area (Å²) in [5.41, 5.74) is 1.67. The Bertz CT molecular complexity index is 616. The second-order valence-corrected chi connectivity index (χ2v) is 5.67. The summed E-state index contributed by atoms with van der Waals surface area (Å²) in [5.74, 6) is 0. The van der Waals surface area contributed by atoms with Gasteiger partial charge < -0.3 is 0 Å². The lowest BCUT2D eigenvalue weighted by Gasteiger charge is -2.01. The second-order valence-electron chi connectivity index (χ2n) is 3.61. The largest absolute Gasteiger partial charge is 0.227 e. The van der Waals surface area contributed by atoms with Gasteiger partial charge in [-0.05, 0) is 35.4 Å². The Morgan fingerprint density at radius 2 is 0.778 bits per heavy atom. The maximum atomic E-state index is 10.7. The summed E-state index contributed by atoms with van der Waals surface area (Å²) in [6.07, 6.45) is 0. The molecule has 0 aromatic heterocycles. The van der Waals surface area contributed by atoms with E-state index in [9.17, 15) is 16.8 Å². The molecular weight excluding hydrogens is 272 g/mol. The fourth-order valence-electron chi connectivity index (χ4n) is 1.55. The van der Waals surface area contributed by atoms with Crippen LogP contribution in [-0.4, -0.2) is 16.8 Å². The first kappa shape index (κ1) is 12.8. The summed E-state index contributed by atoms with van der Waals surface area (Å²) in [4.78, 5) is 0.515. The molecule has 2 rings (SSSR count). The molecule has 0 aliphatic carbocycles. The van der Waals surface area contributed by atoms with Gasteiger partial charge in [0.1, 0.15) is 0 Å². The standard InChI is InChI=1S/C12H10O4S2/c13-17(14)11-5-1-9(2-6-11)10-3-7-12(8-4-10)18(15)16/h1-8,17-18H. The van der Waals surface area contributed by atoms with Crippen molar-refractivity contribution in [1.29, 1.82) is 0 Å². The predicted molar refractivity (Wildman–Crippen MR) is 69.0 cm³/mol. The number of rotatable bonds is 3. The predicted octanol–water partition coefficient (Wildman–Crippen LogP) is 1.29. The topological polar surface area (TPSA) is 68.3 Å². The highest BCUT2D eigenvalue weighted by molar-refractivity contribution is 7.72. The van der Waals surface area contributed by atoms with E-state index in [4.69, 9.17) is 0 Å². The van der Waals surface area contributed by atoms with E-state index in [1.54, 1.807) is 24.3 Å². The van der Waals surface area contributed by atoms with Crippen molar-refractivity contribution in [2.75, 3.05) is 0 Å². The van der Waals surface area contributed by atoms with E-state index in [1.807, 2.05) is 0 Å². The third-order valence-corrected chi connectivity index (χ3v) is 3.93. The van der Waals surface area contributed by atoms with E-state index in [-0.39, 0.29) is 9.79 Å². The molecule has 0 radical (unpaired) electrons. The minimum atomic E-state index is -2.57. The number of benzene rings is 2. The minimum absolute atomic E-state index is 0.257. The zero-order valence-electron chi connectivity index (χ0n) is 9.15. The Balaban J connectivity index is 2.36. The minimum Gasteiger partial charge on any atom is -0.227 e. The van der Waals surface area contributed by atoms with Gasteiger partial charge in [-0.15, -0.1) is 0 Å². The molecular formula is C12H10O4S2. The monoisotopic (exact) mass is 282 g/mol. The molecule has 0 fully saturated rings. The summed E-state index contributed by atoms with van der Waals surface area (Å²) in [5, 5.41) is 0. The molecule has 0 amide bonds. The first-order valence-electron chi connectivity index (χ1n) is 5.07. The Morgan fingerprint density at radius 1 is 0.500 bits per heavy atom. The summed E-state index contributed by atoms with van der Waals surface area (Å²) < 4.78 is 43.0. The van der Waals surface area contributed by atoms with Crippen molar-refractivity contribution in [2.24, 2.45) is 0 Å². The van der Waals surface area contributed by atoms with E-state index in [1.165, 1.54) is 24.3 Å². The molecule has 4 nitrogen and oxygen atoms in total. The lowest BCUT2D eigenvalue weighted by Crippen LogP contribution is -1.83. The van der Waals surface area contributed by atoms with Crippen LogP contribution in [0, 0.1) is 0 Å². The molecule has 0 spiro atoms. The average molecular weight is 282 g/mol. The van der Waals surface area contributed by atoms with Crippen molar-refractivity contribution >= 4 is 21.4 Å². The lowest BCUT2D eigenvalue weighted by atomic mass is 10.1. The third kappa shape index (κ3) is 2.77. The van der Waals surface area contributed by atoms with Crippen LogP contribution >= 0.6 is 0 Å². The summed E-state index contributed by atoms with van der Waals surface area (Å²) >= 11 is 0. The Kier molecular flexibility index (Phi) is 3.78. The maximum absolute atomic E-state index is 10.7. The van der Waals surface area contributed by atoms with Crippen molar-refractivity contribution in [3.05, 3.63) is 48.5 Å². The number of thiol groups is 2. The van der Waals surface area contributed by atoms with Crippen molar-refractivity contribution in [3.63, 3.8) is 0 Å². The van der Waals surface area contributed by atoms with Crippen LogP contribution in [0.3, 0.4) is 0 Å². The maximum Gasteiger partial charge on any atom is 0.168 e. The van der Waals surface area contributed by atoms with Gasteiger partial charge in [-0.2, -0.15) is 0 Å². The van der Waals surface area contributed by atoms with Crippen LogP contribution in [0.4, 0.5) is 0 Å². The van der Waals surface area contributed by atoms with Crippen molar-refractivity contribution in [2.45, 2.75) is 9.79 Å². The van der Waals surface area contributed by atoms with Gasteiger partial charge in [-0.3, -0.25) is 0 Å². The van der Waals surface area contributed by atoms with E-state index in [0.717, 1.165) is 11.1 Å². The summed E-state index contributed by atoms with van der Waals surface area (Å²) in [6, 6.07) is 12.8. The molecule has 18 heavy (non-hydrogen) atoms. The van der Waals surface area contributed by atoms with Crippen LogP contribution < -0.4 is 0 Å². The van der Waals surface area contributed by atoms with Crippen LogP contribution in [0.1, 0.15) is 0 Å². The molecule has 0 aliphatic heterocycles. The van der Waals surface area contributed by atoms with Crippen LogP contribution in [-0.2, 0) is 21.4 Å². The van der Waals surface area contributed by atoms with Crippen molar-refractivity contribution < 1.29 is 16.8 Å². The van der Waals surface area contributed by atoms with Crippen molar-refractivity contribution in [3.8, 4) is 11.1 Å². The zero-order valence-corrected chi connectivity index (χ0v) is 10.9. The Labute approximate surface area is 108 Å². The van der Waals surface area contributed by atoms with Gasteiger partial charge in [0.2, 0.25) is 0 Å². The molecule has 0 unspecified atom stereocenters. The molecule has 6 heteroatoms. The second kappa shape index (κ2) is 5.32. The Morgan fingerprint density at radius 3 is 1.00 bits per heavy atom. The molecule has 0 N–H and O–H groups in total. The molecule has 0 bridgehead atoms. The smallest absolute Gasteiger partial charge is 0.168 e. The highest BCUT2D eigenvalue weighted by atomic mass is 32.2. The van der Waals surface area contributed by atoms with E-state index in [2.05, 4.69) is 0 Å². The van der Waals surface area contributed by atoms with E-state index >= 15 is 0 Å². The van der Waals surface area contributed by atoms with Gasteiger partial charge in [0.05, 0.1) is 9.79 Å². The Hall–Kier alpha value is -1.66. The molecule has 0 atom stereocenters. The fourth-order valence-corrected chi connectivity index (χ4v) is 2.34. The number of hydrogen-bond donors (Lipinski definition) is 2. The van der Waals surface area contributed by atoms with Crippen LogP contribution in [0.2, 0.25) is 0 Å². The molecule has 0 saturated heterocycles. The molecule has 0 heterocycles. The van der Waals surface area contributed by atoms with E-state index < -0.39 is 21.4 Å². The SMILES string of the molecule is O=[SH](=O)c1ccc(-c2ccc([SH](=O)=O)cc2)cc1. The third-order valence-electron chi connectivity index (χ3n) is 2.49. The fraction of sp³-hybridized carbons (Fsp3) is 0. The average Bonchev–Trinajstić information content (AvgIpc) is 2.39. The molecule has 2 aromatic rings. The van der Waals surface area contributed by atoms with Gasteiger partial charge in [-0.1, -0.05) is 24.3 Å². The quantitative estimate of drug-likeness (QED) is 0.833. The van der Waals surface area contributed by atoms with Gasteiger partial charge in [0.25, 0.3) is 0 Å². The first-order valence-corrected chi connectivity index (χ1v) is 7.43. The van der Waals surface area contributed by atoms with Crippen molar-refractivity contribution in [1.82, 2.24) is 0 Å².